The van der Waals surface area contributed by atoms with Crippen molar-refractivity contribution in [1.29, 1.82) is 0 Å². The van der Waals surface area contributed by atoms with Gasteiger partial charge in [0.15, 0.2) is 0 Å². The fraction of sp³-hybridized carbons (Fsp3) is 0.684. The summed E-state index contributed by atoms with van der Waals surface area (Å²) in [4.78, 5) is 2.71. The summed E-state index contributed by atoms with van der Waals surface area (Å²) in [5.41, 5.74) is 1.73. The average molecular weight is 288 g/mol. The smallest absolute Gasteiger partial charge is 0.0220 e. The van der Waals surface area contributed by atoms with Crippen molar-refractivity contribution >= 4 is 0 Å². The van der Waals surface area contributed by atoms with E-state index in [1.807, 2.05) is 0 Å². The van der Waals surface area contributed by atoms with Crippen LogP contribution in [-0.2, 0) is 0 Å². The molecule has 0 amide bonds. The van der Waals surface area contributed by atoms with E-state index in [4.69, 9.17) is 0 Å². The summed E-state index contributed by atoms with van der Waals surface area (Å²) in [7, 11) is 0. The molecule has 2 rings (SSSR count). The molecule has 118 valence electrons. The lowest BCUT2D eigenvalue weighted by Crippen LogP contribution is -2.47. The third-order valence-corrected chi connectivity index (χ3v) is 4.50. The lowest BCUT2D eigenvalue weighted by Gasteiger charge is -2.31. The number of likely N-dealkylation sites (tertiary alicyclic amines) is 1. The van der Waals surface area contributed by atoms with Crippen molar-refractivity contribution < 1.29 is 0 Å². The molecule has 0 bridgehead atoms. The van der Waals surface area contributed by atoms with Crippen LogP contribution in [0.2, 0.25) is 0 Å². The fourth-order valence-corrected chi connectivity index (χ4v) is 3.29. The van der Waals surface area contributed by atoms with E-state index in [0.29, 0.717) is 6.04 Å². The quantitative estimate of drug-likeness (QED) is 0.850. The highest BCUT2D eigenvalue weighted by Gasteiger charge is 2.29. The second-order valence-corrected chi connectivity index (χ2v) is 7.46. The highest BCUT2D eigenvalue weighted by Crippen LogP contribution is 2.29. The largest absolute Gasteiger partial charge is 0.311 e. The molecule has 1 saturated heterocycles. The number of nitrogens with one attached hydrogen (secondary N) is 1. The van der Waals surface area contributed by atoms with Crippen LogP contribution in [0.15, 0.2) is 30.3 Å². The molecule has 2 unspecified atom stereocenters. The number of hydrogen-bond donors (Lipinski definition) is 1. The molecule has 0 spiro atoms. The van der Waals surface area contributed by atoms with Gasteiger partial charge in [0.25, 0.3) is 0 Å². The maximum atomic E-state index is 3.70. The van der Waals surface area contributed by atoms with Crippen LogP contribution < -0.4 is 5.32 Å². The third-order valence-electron chi connectivity index (χ3n) is 4.50. The van der Waals surface area contributed by atoms with Crippen LogP contribution in [0.5, 0.6) is 0 Å². The minimum absolute atomic E-state index is 0.213. The minimum atomic E-state index is 0.213. The predicted octanol–water partition coefficient (Wildman–Crippen LogP) is 4.03. The molecule has 1 N–H and O–H groups in total. The summed E-state index contributed by atoms with van der Waals surface area (Å²) in [6.07, 6.45) is 3.87. The van der Waals surface area contributed by atoms with E-state index in [-0.39, 0.29) is 5.54 Å². The summed E-state index contributed by atoms with van der Waals surface area (Å²) >= 11 is 0. The molecule has 2 atom stereocenters. The van der Waals surface area contributed by atoms with Gasteiger partial charge in [0, 0.05) is 24.7 Å². The van der Waals surface area contributed by atoms with Crippen molar-refractivity contribution in [2.24, 2.45) is 0 Å². The van der Waals surface area contributed by atoms with E-state index in [9.17, 15) is 0 Å². The van der Waals surface area contributed by atoms with Gasteiger partial charge in [-0.3, -0.25) is 4.90 Å². The molecule has 2 heteroatoms. The van der Waals surface area contributed by atoms with Crippen LogP contribution in [0.1, 0.15) is 58.4 Å². The molecule has 1 aliphatic heterocycles. The maximum Gasteiger partial charge on any atom is 0.0220 e. The summed E-state index contributed by atoms with van der Waals surface area (Å²) in [6.45, 7) is 12.6. The van der Waals surface area contributed by atoms with Crippen molar-refractivity contribution in [1.82, 2.24) is 10.2 Å². The molecule has 1 heterocycles. The number of nitrogens with zero attached hydrogens (tertiary/aromatic N) is 1. The monoisotopic (exact) mass is 288 g/mol. The first-order chi connectivity index (χ1) is 9.99. The maximum absolute atomic E-state index is 3.70. The highest BCUT2D eigenvalue weighted by atomic mass is 15.2. The zero-order valence-corrected chi connectivity index (χ0v) is 14.2. The molecule has 1 aliphatic rings. The molecular formula is C19H32N2. The summed E-state index contributed by atoms with van der Waals surface area (Å²) in [5.74, 6) is 0.722. The minimum Gasteiger partial charge on any atom is -0.311 e. The summed E-state index contributed by atoms with van der Waals surface area (Å²) < 4.78 is 0. The Kier molecular flexibility index (Phi) is 5.83. The van der Waals surface area contributed by atoms with Crippen molar-refractivity contribution in [3.8, 4) is 0 Å². The SMILES string of the molecule is CCCC(CNC(C)(C)C)N1CCC(c2ccccc2)C1. The predicted molar refractivity (Wildman–Crippen MR) is 91.8 cm³/mol. The first-order valence-corrected chi connectivity index (χ1v) is 8.53. The molecule has 2 nitrogen and oxygen atoms in total. The van der Waals surface area contributed by atoms with Gasteiger partial charge in [-0.1, -0.05) is 43.7 Å². The van der Waals surface area contributed by atoms with Gasteiger partial charge in [-0.15, -0.1) is 0 Å². The van der Waals surface area contributed by atoms with Gasteiger partial charge < -0.3 is 5.32 Å². The van der Waals surface area contributed by atoms with E-state index >= 15 is 0 Å². The number of hydrogen-bond acceptors (Lipinski definition) is 2. The molecule has 0 radical (unpaired) electrons. The standard InChI is InChI=1S/C19H32N2/c1-5-9-18(14-20-19(2,3)4)21-13-12-17(15-21)16-10-7-6-8-11-16/h6-8,10-11,17-18,20H,5,9,12-15H2,1-4H3. The Balaban J connectivity index is 1.93. The normalized spacial score (nSPS) is 21.6. The van der Waals surface area contributed by atoms with Crippen molar-refractivity contribution in [2.75, 3.05) is 19.6 Å². The Morgan fingerprint density at radius 1 is 1.24 bits per heavy atom. The van der Waals surface area contributed by atoms with Crippen LogP contribution in [0.4, 0.5) is 0 Å². The van der Waals surface area contributed by atoms with Crippen molar-refractivity contribution in [3.05, 3.63) is 35.9 Å². The first-order valence-electron chi connectivity index (χ1n) is 8.53. The van der Waals surface area contributed by atoms with E-state index in [0.717, 1.165) is 12.5 Å². The van der Waals surface area contributed by atoms with Crippen LogP contribution in [0, 0.1) is 0 Å². The van der Waals surface area contributed by atoms with Crippen LogP contribution in [0.3, 0.4) is 0 Å². The highest BCUT2D eigenvalue weighted by molar-refractivity contribution is 5.21. The zero-order valence-electron chi connectivity index (χ0n) is 14.2. The number of rotatable bonds is 6. The average Bonchev–Trinajstić information content (AvgIpc) is 2.93. The molecule has 0 aliphatic carbocycles. The zero-order chi connectivity index (χ0) is 15.3. The Morgan fingerprint density at radius 3 is 2.57 bits per heavy atom. The molecule has 1 fully saturated rings. The van der Waals surface area contributed by atoms with E-state index in [1.54, 1.807) is 0 Å². The lowest BCUT2D eigenvalue weighted by molar-refractivity contribution is 0.207. The van der Waals surface area contributed by atoms with Gasteiger partial charge in [-0.05, 0) is 51.6 Å². The molecular weight excluding hydrogens is 256 g/mol. The van der Waals surface area contributed by atoms with E-state index in [1.165, 1.54) is 37.9 Å². The topological polar surface area (TPSA) is 15.3 Å². The number of benzene rings is 1. The Hall–Kier alpha value is -0.860. The Morgan fingerprint density at radius 2 is 1.95 bits per heavy atom. The molecule has 0 aromatic heterocycles. The van der Waals surface area contributed by atoms with Crippen LogP contribution >= 0.6 is 0 Å². The van der Waals surface area contributed by atoms with Gasteiger partial charge in [-0.2, -0.15) is 0 Å². The Bertz CT molecular complexity index is 407. The van der Waals surface area contributed by atoms with Gasteiger partial charge in [0.1, 0.15) is 0 Å². The fourth-order valence-electron chi connectivity index (χ4n) is 3.29. The van der Waals surface area contributed by atoms with Gasteiger partial charge in [-0.25, -0.2) is 0 Å². The molecule has 0 saturated carbocycles. The molecule has 1 aromatic carbocycles. The van der Waals surface area contributed by atoms with E-state index in [2.05, 4.69) is 68.2 Å². The summed E-state index contributed by atoms with van der Waals surface area (Å²) in [5, 5.41) is 3.70. The second kappa shape index (κ2) is 7.42. The van der Waals surface area contributed by atoms with Gasteiger partial charge in [0.05, 0.1) is 0 Å². The van der Waals surface area contributed by atoms with Crippen LogP contribution in [-0.4, -0.2) is 36.1 Å². The second-order valence-electron chi connectivity index (χ2n) is 7.46. The van der Waals surface area contributed by atoms with Gasteiger partial charge in [0.2, 0.25) is 0 Å². The first kappa shape index (κ1) is 16.5. The van der Waals surface area contributed by atoms with Crippen molar-refractivity contribution in [2.45, 2.75) is 64.5 Å². The van der Waals surface area contributed by atoms with E-state index < -0.39 is 0 Å². The summed E-state index contributed by atoms with van der Waals surface area (Å²) in [6, 6.07) is 11.7. The third kappa shape index (κ3) is 5.12. The molecule has 1 aromatic rings. The molecule has 21 heavy (non-hydrogen) atoms. The van der Waals surface area contributed by atoms with Gasteiger partial charge >= 0.3 is 0 Å². The van der Waals surface area contributed by atoms with Crippen LogP contribution in [0.25, 0.3) is 0 Å². The lowest BCUT2D eigenvalue weighted by atomic mass is 9.98. The Labute approximate surface area is 130 Å². The van der Waals surface area contributed by atoms with Crippen molar-refractivity contribution in [3.63, 3.8) is 0 Å².